The van der Waals surface area contributed by atoms with E-state index < -0.39 is 41.8 Å². The van der Waals surface area contributed by atoms with Gasteiger partial charge in [0.1, 0.15) is 18.1 Å². The highest BCUT2D eigenvalue weighted by molar-refractivity contribution is 5.92. The Morgan fingerprint density at radius 3 is 2.04 bits per heavy atom. The third-order valence-electron chi connectivity index (χ3n) is 3.90. The lowest BCUT2D eigenvalue weighted by Crippen LogP contribution is -2.53. The molecule has 0 bridgehead atoms. The number of rotatable bonds is 12. The molecule has 10 nitrogen and oxygen atoms in total. The second-order valence-corrected chi connectivity index (χ2v) is 7.23. The number of nitrogens with one attached hydrogen (secondary N) is 4. The van der Waals surface area contributed by atoms with E-state index in [-0.39, 0.29) is 18.4 Å². The fourth-order valence-corrected chi connectivity index (χ4v) is 2.40. The first kappa shape index (κ1) is 25.4. The van der Waals surface area contributed by atoms with Gasteiger partial charge in [-0.1, -0.05) is 27.7 Å². The number of carbonyl (C=O) groups is 5. The quantitative estimate of drug-likeness (QED) is 0.247. The number of esters is 1. The van der Waals surface area contributed by atoms with Crippen LogP contribution >= 0.6 is 0 Å². The van der Waals surface area contributed by atoms with Crippen LogP contribution in [0.25, 0.3) is 0 Å². The molecule has 160 valence electrons. The third kappa shape index (κ3) is 9.33. The van der Waals surface area contributed by atoms with Crippen molar-refractivity contribution in [2.75, 3.05) is 13.7 Å². The predicted molar refractivity (Wildman–Crippen MR) is 102 cm³/mol. The van der Waals surface area contributed by atoms with Gasteiger partial charge in [0.25, 0.3) is 0 Å². The van der Waals surface area contributed by atoms with Gasteiger partial charge in [0.2, 0.25) is 24.1 Å². The third-order valence-corrected chi connectivity index (χ3v) is 3.90. The first-order valence-corrected chi connectivity index (χ1v) is 9.18. The van der Waals surface area contributed by atoms with Gasteiger partial charge in [-0.05, 0) is 25.2 Å². The lowest BCUT2D eigenvalue weighted by Gasteiger charge is -2.22. The van der Waals surface area contributed by atoms with Crippen molar-refractivity contribution < 1.29 is 28.7 Å². The van der Waals surface area contributed by atoms with Gasteiger partial charge in [-0.15, -0.1) is 0 Å². The molecular weight excluding hydrogens is 368 g/mol. The number of amides is 4. The van der Waals surface area contributed by atoms with Crippen LogP contribution in [-0.2, 0) is 28.7 Å². The molecule has 0 aromatic heterocycles. The molecule has 10 heteroatoms. The Morgan fingerprint density at radius 2 is 1.57 bits per heavy atom. The highest BCUT2D eigenvalue weighted by Gasteiger charge is 2.26. The molecule has 0 aliphatic rings. The molecule has 0 unspecified atom stereocenters. The molecule has 0 aliphatic carbocycles. The Bertz CT molecular complexity index is 564. The van der Waals surface area contributed by atoms with Crippen molar-refractivity contribution in [2.45, 2.75) is 59.2 Å². The molecule has 3 atom stereocenters. The second kappa shape index (κ2) is 12.7. The molecule has 0 rings (SSSR count). The molecule has 0 radical (unpaired) electrons. The summed E-state index contributed by atoms with van der Waals surface area (Å²) in [6.45, 7) is 8.42. The summed E-state index contributed by atoms with van der Waals surface area (Å²) in [4.78, 5) is 58.6. The zero-order valence-electron chi connectivity index (χ0n) is 17.3. The minimum atomic E-state index is -0.919. The Kier molecular flexibility index (Phi) is 11.5. The van der Waals surface area contributed by atoms with Gasteiger partial charge in [-0.25, -0.2) is 4.79 Å². The molecule has 0 aromatic rings. The lowest BCUT2D eigenvalue weighted by atomic mass is 10.0. The topological polar surface area (TPSA) is 143 Å². The first-order valence-electron chi connectivity index (χ1n) is 9.18. The number of hydrogen-bond acceptors (Lipinski definition) is 6. The molecule has 4 amide bonds. The Balaban J connectivity index is 4.62. The van der Waals surface area contributed by atoms with Crippen molar-refractivity contribution in [3.05, 3.63) is 0 Å². The van der Waals surface area contributed by atoms with Crippen LogP contribution in [0.2, 0.25) is 0 Å². The fraction of sp³-hybridized carbons (Fsp3) is 0.722. The molecule has 0 heterocycles. The van der Waals surface area contributed by atoms with Crippen molar-refractivity contribution in [2.24, 2.45) is 11.8 Å². The van der Waals surface area contributed by atoms with Crippen molar-refractivity contribution >= 4 is 30.1 Å². The van der Waals surface area contributed by atoms with Crippen LogP contribution in [0, 0.1) is 11.8 Å². The number of hydrogen-bond donors (Lipinski definition) is 4. The number of methoxy groups -OCH3 is 1. The van der Waals surface area contributed by atoms with Gasteiger partial charge in [0, 0.05) is 0 Å². The van der Waals surface area contributed by atoms with E-state index in [1.165, 1.54) is 14.0 Å². The minimum Gasteiger partial charge on any atom is -0.467 e. The highest BCUT2D eigenvalue weighted by Crippen LogP contribution is 2.06. The van der Waals surface area contributed by atoms with Gasteiger partial charge in [-0.3, -0.25) is 19.2 Å². The zero-order valence-corrected chi connectivity index (χ0v) is 17.3. The molecule has 0 fully saturated rings. The average molecular weight is 400 g/mol. The number of carbonyl (C=O) groups excluding carboxylic acids is 5. The SMILES string of the molecule is COC(=O)[C@@H](CC(C)C)NC(=O)[C@H](C)NC(=O)CNC(=O)[C@@H](NC=O)C(C)C. The summed E-state index contributed by atoms with van der Waals surface area (Å²) in [6.07, 6.45) is 0.821. The summed E-state index contributed by atoms with van der Waals surface area (Å²) in [5, 5.41) is 9.79. The van der Waals surface area contributed by atoms with Crippen LogP contribution in [0.5, 0.6) is 0 Å². The maximum atomic E-state index is 12.2. The smallest absolute Gasteiger partial charge is 0.328 e. The van der Waals surface area contributed by atoms with Crippen LogP contribution in [0.15, 0.2) is 0 Å². The van der Waals surface area contributed by atoms with Crippen molar-refractivity contribution in [3.8, 4) is 0 Å². The predicted octanol–water partition coefficient (Wildman–Crippen LogP) is -0.918. The standard InChI is InChI=1S/C18H32N4O6/c1-10(2)7-13(18(27)28-6)22-16(25)12(5)21-14(24)8-19-17(26)15(11(3)4)20-9-23/h9-13,15H,7-8H2,1-6H3,(H,19,26)(H,20,23)(H,21,24)(H,22,25)/t12-,13+,15-/m0/s1. The maximum Gasteiger partial charge on any atom is 0.328 e. The van der Waals surface area contributed by atoms with Gasteiger partial charge in [0.15, 0.2) is 0 Å². The lowest BCUT2D eigenvalue weighted by molar-refractivity contribution is -0.145. The summed E-state index contributed by atoms with van der Waals surface area (Å²) in [5.74, 6) is -2.19. The van der Waals surface area contributed by atoms with E-state index in [0.717, 1.165) is 0 Å². The maximum absolute atomic E-state index is 12.2. The summed E-state index contributed by atoms with van der Waals surface area (Å²) >= 11 is 0. The fourth-order valence-electron chi connectivity index (χ4n) is 2.40. The van der Waals surface area contributed by atoms with Crippen LogP contribution in [0.3, 0.4) is 0 Å². The molecule has 28 heavy (non-hydrogen) atoms. The van der Waals surface area contributed by atoms with Gasteiger partial charge in [-0.2, -0.15) is 0 Å². The summed E-state index contributed by atoms with van der Waals surface area (Å²) in [6, 6.07) is -2.49. The Morgan fingerprint density at radius 1 is 0.964 bits per heavy atom. The molecular formula is C18H32N4O6. The van der Waals surface area contributed by atoms with E-state index in [1.807, 2.05) is 13.8 Å². The highest BCUT2D eigenvalue weighted by atomic mass is 16.5. The first-order chi connectivity index (χ1) is 13.0. The van der Waals surface area contributed by atoms with Gasteiger partial charge >= 0.3 is 5.97 Å². The van der Waals surface area contributed by atoms with Gasteiger partial charge < -0.3 is 26.0 Å². The van der Waals surface area contributed by atoms with Crippen LogP contribution in [0.1, 0.15) is 41.0 Å². The Labute approximate surface area is 165 Å². The molecule has 0 spiro atoms. The van der Waals surface area contributed by atoms with E-state index in [2.05, 4.69) is 26.0 Å². The Hall–Kier alpha value is -2.65. The largest absolute Gasteiger partial charge is 0.467 e. The number of ether oxygens (including phenoxy) is 1. The summed E-state index contributed by atoms with van der Waals surface area (Å²) in [7, 11) is 1.24. The van der Waals surface area contributed by atoms with Crippen LogP contribution in [-0.4, -0.2) is 61.9 Å². The van der Waals surface area contributed by atoms with E-state index >= 15 is 0 Å². The van der Waals surface area contributed by atoms with E-state index in [9.17, 15) is 24.0 Å². The molecule has 0 aromatic carbocycles. The van der Waals surface area contributed by atoms with E-state index in [0.29, 0.717) is 12.8 Å². The zero-order chi connectivity index (χ0) is 21.9. The summed E-state index contributed by atoms with van der Waals surface area (Å²) in [5.41, 5.74) is 0. The van der Waals surface area contributed by atoms with Crippen molar-refractivity contribution in [1.29, 1.82) is 0 Å². The van der Waals surface area contributed by atoms with Crippen molar-refractivity contribution in [1.82, 2.24) is 21.3 Å². The van der Waals surface area contributed by atoms with Crippen LogP contribution < -0.4 is 21.3 Å². The second-order valence-electron chi connectivity index (χ2n) is 7.23. The molecule has 0 saturated carbocycles. The monoisotopic (exact) mass is 400 g/mol. The normalized spacial score (nSPS) is 13.9. The van der Waals surface area contributed by atoms with E-state index in [4.69, 9.17) is 0 Å². The van der Waals surface area contributed by atoms with Crippen molar-refractivity contribution in [3.63, 3.8) is 0 Å². The average Bonchev–Trinajstić information content (AvgIpc) is 2.61. The molecule has 4 N–H and O–H groups in total. The molecule has 0 saturated heterocycles. The van der Waals surface area contributed by atoms with E-state index in [1.54, 1.807) is 13.8 Å². The minimum absolute atomic E-state index is 0.151. The van der Waals surface area contributed by atoms with Crippen LogP contribution in [0.4, 0.5) is 0 Å². The molecule has 0 aliphatic heterocycles. The summed E-state index contributed by atoms with van der Waals surface area (Å²) < 4.78 is 4.68. The van der Waals surface area contributed by atoms with Gasteiger partial charge in [0.05, 0.1) is 13.7 Å².